The van der Waals surface area contributed by atoms with Gasteiger partial charge in [-0.05, 0) is 61.7 Å². The van der Waals surface area contributed by atoms with Gasteiger partial charge < -0.3 is 10.1 Å². The highest BCUT2D eigenvalue weighted by Gasteiger charge is 2.05. The van der Waals surface area contributed by atoms with Gasteiger partial charge in [0.2, 0.25) is 0 Å². The van der Waals surface area contributed by atoms with Crippen LogP contribution in [0.3, 0.4) is 0 Å². The average Bonchev–Trinajstić information content (AvgIpc) is 2.48. The lowest BCUT2D eigenvalue weighted by molar-refractivity contribution is 0.299. The number of rotatable bonds is 6. The molecule has 1 aromatic heterocycles. The van der Waals surface area contributed by atoms with E-state index in [2.05, 4.69) is 56.2 Å². The van der Waals surface area contributed by atoms with E-state index in [1.165, 1.54) is 22.3 Å². The van der Waals surface area contributed by atoms with Crippen molar-refractivity contribution < 1.29 is 4.74 Å². The van der Waals surface area contributed by atoms with E-state index in [0.717, 1.165) is 24.5 Å². The molecule has 3 nitrogen and oxygen atoms in total. The topological polar surface area (TPSA) is 34.1 Å². The Balaban J connectivity index is 2.00. The maximum absolute atomic E-state index is 5.93. The van der Waals surface area contributed by atoms with E-state index >= 15 is 0 Å². The van der Waals surface area contributed by atoms with Crippen molar-refractivity contribution in [3.63, 3.8) is 0 Å². The second-order valence-corrected chi connectivity index (χ2v) is 5.43. The highest BCUT2D eigenvalue weighted by molar-refractivity contribution is 5.42. The Bertz CT molecular complexity index is 591. The van der Waals surface area contributed by atoms with Crippen molar-refractivity contribution in [2.45, 2.75) is 40.8 Å². The summed E-state index contributed by atoms with van der Waals surface area (Å²) in [6, 6.07) is 8.39. The zero-order chi connectivity index (χ0) is 15.2. The highest BCUT2D eigenvalue weighted by Crippen LogP contribution is 2.24. The zero-order valence-corrected chi connectivity index (χ0v) is 13.4. The summed E-state index contributed by atoms with van der Waals surface area (Å²) in [5.41, 5.74) is 5.84. The van der Waals surface area contributed by atoms with Crippen molar-refractivity contribution in [1.82, 2.24) is 10.3 Å². The Labute approximate surface area is 127 Å². The summed E-state index contributed by atoms with van der Waals surface area (Å²) >= 11 is 0. The van der Waals surface area contributed by atoms with Crippen molar-refractivity contribution in [1.29, 1.82) is 0 Å². The van der Waals surface area contributed by atoms with Crippen LogP contribution in [0, 0.1) is 20.8 Å². The highest BCUT2D eigenvalue weighted by atomic mass is 16.5. The molecule has 0 saturated heterocycles. The second-order valence-electron chi connectivity index (χ2n) is 5.43. The van der Waals surface area contributed by atoms with Crippen LogP contribution in [0.4, 0.5) is 0 Å². The van der Waals surface area contributed by atoms with Gasteiger partial charge in [-0.2, -0.15) is 0 Å². The number of hydrogen-bond donors (Lipinski definition) is 1. The molecule has 0 aliphatic carbocycles. The molecule has 0 bridgehead atoms. The third-order valence-corrected chi connectivity index (χ3v) is 3.60. The fourth-order valence-electron chi connectivity index (χ4n) is 2.22. The van der Waals surface area contributed by atoms with E-state index in [1.807, 2.05) is 12.3 Å². The molecule has 0 aliphatic rings. The van der Waals surface area contributed by atoms with Crippen LogP contribution in [0.15, 0.2) is 30.5 Å². The molecule has 2 aromatic rings. The van der Waals surface area contributed by atoms with Crippen LogP contribution in [-0.2, 0) is 13.2 Å². The molecule has 21 heavy (non-hydrogen) atoms. The van der Waals surface area contributed by atoms with Gasteiger partial charge >= 0.3 is 0 Å². The molecule has 1 aromatic carbocycles. The van der Waals surface area contributed by atoms with E-state index in [9.17, 15) is 0 Å². The maximum Gasteiger partial charge on any atom is 0.130 e. The van der Waals surface area contributed by atoms with Crippen molar-refractivity contribution in [2.24, 2.45) is 0 Å². The van der Waals surface area contributed by atoms with E-state index in [4.69, 9.17) is 4.74 Å². The number of nitrogens with one attached hydrogen (secondary N) is 1. The Kier molecular flexibility index (Phi) is 5.34. The zero-order valence-electron chi connectivity index (χ0n) is 13.4. The molecule has 0 unspecified atom stereocenters. The fourth-order valence-corrected chi connectivity index (χ4v) is 2.22. The first kappa shape index (κ1) is 15.5. The molecular formula is C18H24N2O. The minimum Gasteiger partial charge on any atom is -0.487 e. The third kappa shape index (κ3) is 4.30. The quantitative estimate of drug-likeness (QED) is 0.878. The first-order valence-electron chi connectivity index (χ1n) is 7.45. The first-order valence-corrected chi connectivity index (χ1v) is 7.45. The summed E-state index contributed by atoms with van der Waals surface area (Å²) < 4.78 is 5.93. The van der Waals surface area contributed by atoms with E-state index in [-0.39, 0.29) is 0 Å². The normalized spacial score (nSPS) is 10.7. The molecule has 0 fully saturated rings. The van der Waals surface area contributed by atoms with E-state index in [1.54, 1.807) is 0 Å². The number of hydrogen-bond acceptors (Lipinski definition) is 3. The molecule has 3 heteroatoms. The van der Waals surface area contributed by atoms with Gasteiger partial charge in [0, 0.05) is 12.7 Å². The van der Waals surface area contributed by atoms with Gasteiger partial charge in [0.1, 0.15) is 12.4 Å². The van der Waals surface area contributed by atoms with Gasteiger partial charge in [0.05, 0.1) is 5.69 Å². The molecule has 0 amide bonds. The summed E-state index contributed by atoms with van der Waals surface area (Å²) in [6.45, 7) is 10.7. The van der Waals surface area contributed by atoms with Crippen molar-refractivity contribution in [3.05, 3.63) is 58.4 Å². The van der Waals surface area contributed by atoms with Crippen LogP contribution in [0.25, 0.3) is 0 Å². The number of benzene rings is 1. The van der Waals surface area contributed by atoms with Gasteiger partial charge in [-0.15, -0.1) is 0 Å². The molecule has 0 radical (unpaired) electrons. The number of nitrogens with zero attached hydrogens (tertiary/aromatic N) is 1. The molecule has 0 saturated carbocycles. The summed E-state index contributed by atoms with van der Waals surface area (Å²) in [7, 11) is 0. The molecule has 0 aliphatic heterocycles. The lowest BCUT2D eigenvalue weighted by Gasteiger charge is -2.12. The van der Waals surface area contributed by atoms with Gasteiger partial charge in [-0.25, -0.2) is 0 Å². The number of aryl methyl sites for hydroxylation is 2. The monoisotopic (exact) mass is 284 g/mol. The van der Waals surface area contributed by atoms with Crippen LogP contribution in [0.5, 0.6) is 5.75 Å². The standard InChI is InChI=1S/C18H24N2O/c1-5-19-10-16-6-7-17(20-11-16)12-21-18-9-13(2)8-14(3)15(18)4/h6-9,11,19H,5,10,12H2,1-4H3. The molecular weight excluding hydrogens is 260 g/mol. The predicted octanol–water partition coefficient (Wildman–Crippen LogP) is 3.70. The Morgan fingerprint density at radius 2 is 1.95 bits per heavy atom. The fraction of sp³-hybridized carbons (Fsp3) is 0.389. The number of aromatic nitrogens is 1. The lowest BCUT2D eigenvalue weighted by atomic mass is 10.1. The van der Waals surface area contributed by atoms with E-state index < -0.39 is 0 Å². The summed E-state index contributed by atoms with van der Waals surface area (Å²) in [5, 5.41) is 3.29. The van der Waals surface area contributed by atoms with Gasteiger partial charge in [0.25, 0.3) is 0 Å². The van der Waals surface area contributed by atoms with Crippen molar-refractivity contribution in [3.8, 4) is 5.75 Å². The van der Waals surface area contributed by atoms with Crippen LogP contribution < -0.4 is 10.1 Å². The Morgan fingerprint density at radius 3 is 2.62 bits per heavy atom. The molecule has 1 heterocycles. The molecule has 0 atom stereocenters. The number of ether oxygens (including phenoxy) is 1. The first-order chi connectivity index (χ1) is 10.1. The smallest absolute Gasteiger partial charge is 0.130 e. The average molecular weight is 284 g/mol. The minimum absolute atomic E-state index is 0.505. The van der Waals surface area contributed by atoms with Crippen molar-refractivity contribution >= 4 is 0 Å². The SMILES string of the molecule is CCNCc1ccc(COc2cc(C)cc(C)c2C)nc1. The third-order valence-electron chi connectivity index (χ3n) is 3.60. The van der Waals surface area contributed by atoms with Gasteiger partial charge in [0.15, 0.2) is 0 Å². The largest absolute Gasteiger partial charge is 0.487 e. The predicted molar refractivity (Wildman–Crippen MR) is 86.6 cm³/mol. The van der Waals surface area contributed by atoms with E-state index in [0.29, 0.717) is 6.61 Å². The second kappa shape index (κ2) is 7.23. The molecule has 2 rings (SSSR count). The summed E-state index contributed by atoms with van der Waals surface area (Å²) in [6.07, 6.45) is 1.91. The van der Waals surface area contributed by atoms with Crippen LogP contribution in [0.1, 0.15) is 34.9 Å². The van der Waals surface area contributed by atoms with Gasteiger partial charge in [-0.3, -0.25) is 4.98 Å². The Morgan fingerprint density at radius 1 is 1.14 bits per heavy atom. The Hall–Kier alpha value is -1.87. The summed E-state index contributed by atoms with van der Waals surface area (Å²) in [4.78, 5) is 4.46. The molecule has 112 valence electrons. The lowest BCUT2D eigenvalue weighted by Crippen LogP contribution is -2.12. The molecule has 0 spiro atoms. The van der Waals surface area contributed by atoms with Crippen LogP contribution in [-0.4, -0.2) is 11.5 Å². The van der Waals surface area contributed by atoms with Crippen LogP contribution in [0.2, 0.25) is 0 Å². The minimum atomic E-state index is 0.505. The van der Waals surface area contributed by atoms with Gasteiger partial charge in [-0.1, -0.05) is 19.1 Å². The number of pyridine rings is 1. The van der Waals surface area contributed by atoms with Crippen molar-refractivity contribution in [2.75, 3.05) is 6.54 Å². The maximum atomic E-state index is 5.93. The molecule has 1 N–H and O–H groups in total. The summed E-state index contributed by atoms with van der Waals surface area (Å²) in [5.74, 6) is 0.950. The van der Waals surface area contributed by atoms with Crippen LogP contribution >= 0.6 is 0 Å².